The van der Waals surface area contributed by atoms with Gasteiger partial charge in [0, 0.05) is 0 Å². The average molecular weight is 196 g/mol. The summed E-state index contributed by atoms with van der Waals surface area (Å²) in [6.45, 7) is -0.401. The Kier molecular flexibility index (Phi) is 3.48. The zero-order chi connectivity index (χ0) is 10.6. The number of methoxy groups -OCH3 is 1. The third-order valence-electron chi connectivity index (χ3n) is 2.00. The molecule has 76 valence electrons. The molecule has 0 aromatic heterocycles. The Balaban J connectivity index is 2.89. The van der Waals surface area contributed by atoms with E-state index in [2.05, 4.69) is 0 Å². The first kappa shape index (κ1) is 10.5. The van der Waals surface area contributed by atoms with Crippen molar-refractivity contribution in [1.82, 2.24) is 0 Å². The highest BCUT2D eigenvalue weighted by atomic mass is 16.5. The Bertz CT molecular complexity index is 304. The van der Waals surface area contributed by atoms with Gasteiger partial charge in [-0.15, -0.1) is 0 Å². The molecule has 14 heavy (non-hydrogen) atoms. The Hall–Kier alpha value is -1.55. The maximum absolute atomic E-state index is 10.7. The number of carboxylic acid groups (broad SMARTS) is 1. The lowest BCUT2D eigenvalue weighted by Crippen LogP contribution is -2.15. The fourth-order valence-corrected chi connectivity index (χ4v) is 1.16. The van der Waals surface area contributed by atoms with E-state index in [1.807, 2.05) is 0 Å². The second-order valence-electron chi connectivity index (χ2n) is 2.85. The fourth-order valence-electron chi connectivity index (χ4n) is 1.16. The number of aliphatic carboxylic acids is 1. The van der Waals surface area contributed by atoms with Crippen molar-refractivity contribution in [3.8, 4) is 5.75 Å². The molecule has 1 aromatic carbocycles. The van der Waals surface area contributed by atoms with Gasteiger partial charge in [0.2, 0.25) is 0 Å². The zero-order valence-corrected chi connectivity index (χ0v) is 7.80. The van der Waals surface area contributed by atoms with Crippen molar-refractivity contribution in [3.05, 3.63) is 29.8 Å². The van der Waals surface area contributed by atoms with Crippen LogP contribution in [0.4, 0.5) is 0 Å². The van der Waals surface area contributed by atoms with Gasteiger partial charge in [0.25, 0.3) is 0 Å². The van der Waals surface area contributed by atoms with Crippen molar-refractivity contribution in [2.24, 2.45) is 0 Å². The quantitative estimate of drug-likeness (QED) is 0.749. The van der Waals surface area contributed by atoms with Crippen LogP contribution in [0, 0.1) is 0 Å². The second kappa shape index (κ2) is 4.62. The number of aliphatic hydroxyl groups is 1. The lowest BCUT2D eigenvalue weighted by Gasteiger charge is -2.09. The van der Waals surface area contributed by atoms with Gasteiger partial charge in [0.05, 0.1) is 13.7 Å². The molecule has 0 saturated heterocycles. The molecule has 4 nitrogen and oxygen atoms in total. The van der Waals surface area contributed by atoms with Crippen molar-refractivity contribution < 1.29 is 19.7 Å². The van der Waals surface area contributed by atoms with Gasteiger partial charge in [-0.05, 0) is 17.7 Å². The summed E-state index contributed by atoms with van der Waals surface area (Å²) in [4.78, 5) is 10.7. The highest BCUT2D eigenvalue weighted by molar-refractivity contribution is 5.76. The van der Waals surface area contributed by atoms with E-state index in [9.17, 15) is 4.79 Å². The Morgan fingerprint density at radius 3 is 2.36 bits per heavy atom. The Morgan fingerprint density at radius 1 is 1.43 bits per heavy atom. The van der Waals surface area contributed by atoms with Crippen LogP contribution in [-0.4, -0.2) is 29.9 Å². The average Bonchev–Trinajstić information content (AvgIpc) is 2.19. The first-order valence-corrected chi connectivity index (χ1v) is 4.16. The second-order valence-corrected chi connectivity index (χ2v) is 2.85. The van der Waals surface area contributed by atoms with Gasteiger partial charge in [-0.3, -0.25) is 4.79 Å². The smallest absolute Gasteiger partial charge is 0.313 e. The molecule has 0 aliphatic heterocycles. The summed E-state index contributed by atoms with van der Waals surface area (Å²) in [5.41, 5.74) is 0.570. The first-order valence-electron chi connectivity index (χ1n) is 4.16. The van der Waals surface area contributed by atoms with Gasteiger partial charge in [-0.25, -0.2) is 0 Å². The third-order valence-corrected chi connectivity index (χ3v) is 2.00. The van der Waals surface area contributed by atoms with Crippen LogP contribution in [0.25, 0.3) is 0 Å². The molecule has 0 amide bonds. The molecule has 0 bridgehead atoms. The molecule has 0 spiro atoms. The van der Waals surface area contributed by atoms with Gasteiger partial charge in [0.1, 0.15) is 11.7 Å². The number of carboxylic acids is 1. The minimum atomic E-state index is -1.03. The standard InChI is InChI=1S/C10H12O4/c1-14-8-4-2-7(3-5-8)9(6-11)10(12)13/h2-5,9,11H,6H2,1H3,(H,12,13)/t9-/m1/s1. The van der Waals surface area contributed by atoms with Crippen molar-refractivity contribution in [2.45, 2.75) is 5.92 Å². The number of ether oxygens (including phenoxy) is 1. The van der Waals surface area contributed by atoms with E-state index < -0.39 is 18.5 Å². The maximum atomic E-state index is 10.7. The van der Waals surface area contributed by atoms with Crippen molar-refractivity contribution >= 4 is 5.97 Å². The van der Waals surface area contributed by atoms with E-state index >= 15 is 0 Å². The molecule has 2 N–H and O–H groups in total. The molecular weight excluding hydrogens is 184 g/mol. The van der Waals surface area contributed by atoms with Crippen LogP contribution in [-0.2, 0) is 4.79 Å². The Labute approximate surface area is 81.8 Å². The minimum Gasteiger partial charge on any atom is -0.497 e. The molecule has 1 atom stereocenters. The molecule has 0 saturated carbocycles. The molecular formula is C10H12O4. The molecule has 0 aliphatic carbocycles. The summed E-state index contributed by atoms with van der Waals surface area (Å²) >= 11 is 0. The predicted molar refractivity (Wildman–Crippen MR) is 50.5 cm³/mol. The molecule has 0 radical (unpaired) electrons. The molecule has 0 unspecified atom stereocenters. The summed E-state index contributed by atoms with van der Waals surface area (Å²) in [5, 5.41) is 17.6. The summed E-state index contributed by atoms with van der Waals surface area (Å²) in [7, 11) is 1.54. The van der Waals surface area contributed by atoms with Crippen molar-refractivity contribution in [1.29, 1.82) is 0 Å². The summed E-state index contributed by atoms with van der Waals surface area (Å²) in [5.74, 6) is -1.23. The summed E-state index contributed by atoms with van der Waals surface area (Å²) < 4.78 is 4.93. The van der Waals surface area contributed by atoms with Gasteiger partial charge >= 0.3 is 5.97 Å². The highest BCUT2D eigenvalue weighted by Crippen LogP contribution is 2.19. The van der Waals surface area contributed by atoms with E-state index in [1.165, 1.54) is 7.11 Å². The molecule has 4 heteroatoms. The van der Waals surface area contributed by atoms with Crippen LogP contribution < -0.4 is 4.74 Å². The summed E-state index contributed by atoms with van der Waals surface area (Å²) in [6.07, 6.45) is 0. The first-order chi connectivity index (χ1) is 6.69. The van der Waals surface area contributed by atoms with E-state index in [-0.39, 0.29) is 0 Å². The normalized spacial score (nSPS) is 12.1. The molecule has 1 rings (SSSR count). The highest BCUT2D eigenvalue weighted by Gasteiger charge is 2.18. The molecule has 0 aliphatic rings. The fraction of sp³-hybridized carbons (Fsp3) is 0.300. The maximum Gasteiger partial charge on any atom is 0.313 e. The van der Waals surface area contributed by atoms with Crippen molar-refractivity contribution in [3.63, 3.8) is 0 Å². The van der Waals surface area contributed by atoms with Crippen LogP contribution in [0.1, 0.15) is 11.5 Å². The van der Waals surface area contributed by atoms with Gasteiger partial charge < -0.3 is 14.9 Å². The number of carbonyl (C=O) groups is 1. The van der Waals surface area contributed by atoms with E-state index in [4.69, 9.17) is 14.9 Å². The lowest BCUT2D eigenvalue weighted by atomic mass is 10.0. The number of benzene rings is 1. The molecule has 1 aromatic rings. The van der Waals surface area contributed by atoms with E-state index in [0.717, 1.165) is 0 Å². The summed E-state index contributed by atoms with van der Waals surface area (Å²) in [6, 6.07) is 6.60. The minimum absolute atomic E-state index is 0.401. The third kappa shape index (κ3) is 2.23. The van der Waals surface area contributed by atoms with Gasteiger partial charge in [0.15, 0.2) is 0 Å². The number of rotatable bonds is 4. The predicted octanol–water partition coefficient (Wildman–Crippen LogP) is 0.856. The molecule has 0 heterocycles. The largest absolute Gasteiger partial charge is 0.497 e. The van der Waals surface area contributed by atoms with Crippen LogP contribution in [0.15, 0.2) is 24.3 Å². The van der Waals surface area contributed by atoms with Gasteiger partial charge in [-0.2, -0.15) is 0 Å². The topological polar surface area (TPSA) is 66.8 Å². The van der Waals surface area contributed by atoms with Crippen LogP contribution in [0.3, 0.4) is 0 Å². The van der Waals surface area contributed by atoms with Crippen LogP contribution in [0.5, 0.6) is 5.75 Å². The zero-order valence-electron chi connectivity index (χ0n) is 7.80. The van der Waals surface area contributed by atoms with Crippen LogP contribution in [0.2, 0.25) is 0 Å². The van der Waals surface area contributed by atoms with Crippen molar-refractivity contribution in [2.75, 3.05) is 13.7 Å². The Morgan fingerprint density at radius 2 is 2.00 bits per heavy atom. The SMILES string of the molecule is COc1ccc([C@@H](CO)C(=O)O)cc1. The number of hydrogen-bond acceptors (Lipinski definition) is 3. The number of hydrogen-bond donors (Lipinski definition) is 2. The van der Waals surface area contributed by atoms with Gasteiger partial charge in [-0.1, -0.05) is 12.1 Å². The van der Waals surface area contributed by atoms with Crippen LogP contribution >= 0.6 is 0 Å². The number of aliphatic hydroxyl groups excluding tert-OH is 1. The van der Waals surface area contributed by atoms with E-state index in [0.29, 0.717) is 11.3 Å². The monoisotopic (exact) mass is 196 g/mol. The van der Waals surface area contributed by atoms with E-state index in [1.54, 1.807) is 24.3 Å². The molecule has 0 fully saturated rings. The lowest BCUT2D eigenvalue weighted by molar-refractivity contribution is -0.139.